The monoisotopic (exact) mass is 714 g/mol. The van der Waals surface area contributed by atoms with Crippen LogP contribution in [0.25, 0.3) is 105 Å². The Morgan fingerprint density at radius 3 is 1.77 bits per heavy atom. The first-order chi connectivity index (χ1) is 27.5. The molecule has 1 aliphatic rings. The molecule has 1 aromatic heterocycles. The Kier molecular flexibility index (Phi) is 7.12. The van der Waals surface area contributed by atoms with E-state index in [0.717, 1.165) is 22.1 Å². The third-order valence-corrected chi connectivity index (χ3v) is 12.2. The molecule has 56 heavy (non-hydrogen) atoms. The fourth-order valence-electron chi connectivity index (χ4n) is 9.48. The Morgan fingerprint density at radius 1 is 0.464 bits per heavy atom. The van der Waals surface area contributed by atoms with E-state index in [-0.39, 0.29) is 5.41 Å². The van der Waals surface area contributed by atoms with Crippen molar-refractivity contribution < 1.29 is 4.42 Å². The maximum Gasteiger partial charge on any atom is 0.143 e. The summed E-state index contributed by atoms with van der Waals surface area (Å²) < 4.78 is 6.51. The van der Waals surface area contributed by atoms with Gasteiger partial charge in [0.2, 0.25) is 0 Å². The maximum absolute atomic E-state index is 6.51. The van der Waals surface area contributed by atoms with Crippen LogP contribution in [0.2, 0.25) is 0 Å². The molecule has 0 radical (unpaired) electrons. The van der Waals surface area contributed by atoms with Crippen LogP contribution in [-0.4, -0.2) is 0 Å². The summed E-state index contributed by atoms with van der Waals surface area (Å²) in [7, 11) is 0. The Morgan fingerprint density at radius 2 is 1.07 bits per heavy atom. The van der Waals surface area contributed by atoms with Crippen LogP contribution in [0.5, 0.6) is 0 Å². The molecular weight excluding hydrogens is 677 g/mol. The van der Waals surface area contributed by atoms with Crippen LogP contribution in [0, 0.1) is 0 Å². The van der Waals surface area contributed by atoms with Crippen LogP contribution in [0.15, 0.2) is 187 Å². The van der Waals surface area contributed by atoms with Gasteiger partial charge in [0.05, 0.1) is 0 Å². The van der Waals surface area contributed by atoms with Crippen LogP contribution in [-0.2, 0) is 5.41 Å². The van der Waals surface area contributed by atoms with Gasteiger partial charge in [-0.3, -0.25) is 0 Å². The van der Waals surface area contributed by atoms with Crippen LogP contribution < -0.4 is 0 Å². The number of benzene rings is 9. The van der Waals surface area contributed by atoms with E-state index in [1.807, 2.05) is 18.2 Å². The Balaban J connectivity index is 1.09. The van der Waals surface area contributed by atoms with E-state index in [1.54, 1.807) is 0 Å². The zero-order valence-electron chi connectivity index (χ0n) is 31.4. The van der Waals surface area contributed by atoms with Crippen molar-refractivity contribution in [1.29, 1.82) is 0 Å². The molecule has 264 valence electrons. The number of fused-ring (bicyclic) bond motifs is 10. The third kappa shape index (κ3) is 4.81. The van der Waals surface area contributed by atoms with E-state index < -0.39 is 0 Å². The second-order valence-electron chi connectivity index (χ2n) is 15.7. The van der Waals surface area contributed by atoms with Gasteiger partial charge in [-0.05, 0) is 125 Å². The molecule has 0 N–H and O–H groups in total. The average Bonchev–Trinajstić information content (AvgIpc) is 3.73. The molecule has 11 rings (SSSR count). The molecule has 1 nitrogen and oxygen atoms in total. The fraction of sp³-hybridized carbons (Fsp3) is 0.0545. The van der Waals surface area contributed by atoms with Crippen molar-refractivity contribution in [3.8, 4) is 44.5 Å². The molecule has 0 spiro atoms. The minimum absolute atomic E-state index is 0.160. The van der Waals surface area contributed by atoms with Gasteiger partial charge in [-0.1, -0.05) is 166 Å². The van der Waals surface area contributed by atoms with Crippen LogP contribution in [0.3, 0.4) is 0 Å². The largest absolute Gasteiger partial charge is 0.455 e. The van der Waals surface area contributed by atoms with E-state index >= 15 is 0 Å². The summed E-state index contributed by atoms with van der Waals surface area (Å²) in [5, 5.41) is 9.74. The van der Waals surface area contributed by atoms with Crippen LogP contribution >= 0.6 is 0 Å². The molecule has 0 fully saturated rings. The van der Waals surface area contributed by atoms with Gasteiger partial charge in [0, 0.05) is 21.6 Å². The van der Waals surface area contributed by atoms with Gasteiger partial charge in [0.1, 0.15) is 11.2 Å². The molecule has 1 aliphatic carbocycles. The van der Waals surface area contributed by atoms with Crippen molar-refractivity contribution in [3.05, 3.63) is 199 Å². The number of para-hydroxylation sites is 1. The lowest BCUT2D eigenvalue weighted by Gasteiger charge is -2.22. The van der Waals surface area contributed by atoms with Gasteiger partial charge in [-0.15, -0.1) is 0 Å². The van der Waals surface area contributed by atoms with Gasteiger partial charge in [0.15, 0.2) is 0 Å². The fourth-order valence-corrected chi connectivity index (χ4v) is 9.48. The number of hydrogen-bond acceptors (Lipinski definition) is 1. The van der Waals surface area contributed by atoms with Crippen molar-refractivity contribution >= 4 is 60.3 Å². The van der Waals surface area contributed by atoms with E-state index in [9.17, 15) is 0 Å². The summed E-state index contributed by atoms with van der Waals surface area (Å²) in [5.41, 5.74) is 15.6. The zero-order chi connectivity index (χ0) is 37.5. The summed E-state index contributed by atoms with van der Waals surface area (Å²) in [6.45, 7) is 8.53. The summed E-state index contributed by atoms with van der Waals surface area (Å²) in [5.74, 6) is 0. The predicted molar refractivity (Wildman–Crippen MR) is 239 cm³/mol. The molecule has 9 aromatic carbocycles. The van der Waals surface area contributed by atoms with Gasteiger partial charge < -0.3 is 4.42 Å². The van der Waals surface area contributed by atoms with E-state index in [1.165, 1.54) is 93.3 Å². The predicted octanol–water partition coefficient (Wildman–Crippen LogP) is 15.6. The topological polar surface area (TPSA) is 13.1 Å². The van der Waals surface area contributed by atoms with E-state index in [4.69, 9.17) is 4.42 Å². The Labute approximate surface area is 326 Å². The molecule has 10 aromatic rings. The molecule has 0 unspecified atom stereocenters. The number of allylic oxidation sites excluding steroid dienone is 2. The molecular formula is C55H38O. The second-order valence-corrected chi connectivity index (χ2v) is 15.7. The first kappa shape index (κ1) is 32.5. The average molecular weight is 715 g/mol. The molecule has 0 saturated carbocycles. The van der Waals surface area contributed by atoms with Crippen LogP contribution in [0.1, 0.15) is 30.5 Å². The first-order valence-corrected chi connectivity index (χ1v) is 19.5. The minimum Gasteiger partial charge on any atom is -0.455 e. The minimum atomic E-state index is -0.160. The molecule has 0 aliphatic heterocycles. The van der Waals surface area contributed by atoms with Crippen molar-refractivity contribution in [2.24, 2.45) is 0 Å². The van der Waals surface area contributed by atoms with Gasteiger partial charge in [-0.25, -0.2) is 0 Å². The highest BCUT2D eigenvalue weighted by Gasteiger charge is 2.36. The van der Waals surface area contributed by atoms with E-state index in [2.05, 4.69) is 184 Å². The van der Waals surface area contributed by atoms with Crippen molar-refractivity contribution in [3.63, 3.8) is 0 Å². The van der Waals surface area contributed by atoms with Gasteiger partial charge in [0.25, 0.3) is 0 Å². The zero-order valence-corrected chi connectivity index (χ0v) is 31.4. The van der Waals surface area contributed by atoms with E-state index in [0.29, 0.717) is 0 Å². The normalized spacial score (nSPS) is 13.3. The standard InChI is InChI=1S/C55H38O/c1-4-5-13-34-22-24-35(25-23-34)36-14-12-15-38(30-36)52-41-17-6-8-19-43(41)53(44-20-9-7-18-42(44)52)39-27-29-49-47(32-39)48-31-37-26-28-45-40-16-10-11-21-51(40)56-54(45)46(37)33-50(48)55(49,2)3/h4-33H,1H2,2-3H3/b13-5-. The lowest BCUT2D eigenvalue weighted by molar-refractivity contribution is 0.660. The van der Waals surface area contributed by atoms with Crippen molar-refractivity contribution in [1.82, 2.24) is 0 Å². The lowest BCUT2D eigenvalue weighted by Crippen LogP contribution is -2.14. The molecule has 0 saturated heterocycles. The van der Waals surface area contributed by atoms with Gasteiger partial charge in [-0.2, -0.15) is 0 Å². The summed E-state index contributed by atoms with van der Waals surface area (Å²) in [4.78, 5) is 0. The van der Waals surface area contributed by atoms with Crippen molar-refractivity contribution in [2.75, 3.05) is 0 Å². The smallest absolute Gasteiger partial charge is 0.143 e. The van der Waals surface area contributed by atoms with Crippen LogP contribution in [0.4, 0.5) is 0 Å². The molecule has 0 bridgehead atoms. The Hall–Kier alpha value is -6.96. The Bertz CT molecular complexity index is 3220. The van der Waals surface area contributed by atoms with Crippen molar-refractivity contribution in [2.45, 2.75) is 19.3 Å². The highest BCUT2D eigenvalue weighted by molar-refractivity contribution is 6.22. The summed E-state index contributed by atoms with van der Waals surface area (Å²) in [6, 6.07) is 60.5. The summed E-state index contributed by atoms with van der Waals surface area (Å²) >= 11 is 0. The first-order valence-electron chi connectivity index (χ1n) is 19.5. The highest BCUT2D eigenvalue weighted by atomic mass is 16.3. The maximum atomic E-state index is 6.51. The van der Waals surface area contributed by atoms with Gasteiger partial charge >= 0.3 is 0 Å². The highest BCUT2D eigenvalue weighted by Crippen LogP contribution is 2.53. The number of furan rings is 1. The SMILES string of the molecule is C=C/C=C\c1ccc(-c2cccc(-c3c4ccccc4c(-c4ccc5c(c4)-c4cc6ccc7c8ccccc8oc7c6cc4C5(C)C)c4ccccc34)c2)cc1. The summed E-state index contributed by atoms with van der Waals surface area (Å²) in [6.07, 6.45) is 5.86. The molecule has 0 amide bonds. The quantitative estimate of drug-likeness (QED) is 0.128. The molecule has 0 atom stereocenters. The molecule has 1 heteroatoms. The third-order valence-electron chi connectivity index (χ3n) is 12.2. The second kappa shape index (κ2) is 12.3. The molecule has 1 heterocycles. The number of hydrogen-bond donors (Lipinski definition) is 0. The lowest BCUT2D eigenvalue weighted by atomic mass is 9.81. The number of rotatable bonds is 5.